The summed E-state index contributed by atoms with van der Waals surface area (Å²) in [5, 5.41) is 20.6. The number of nitriles is 2. The molecule has 0 unspecified atom stereocenters. The Morgan fingerprint density at radius 2 is 1.96 bits per heavy atom. The topological polar surface area (TPSA) is 157 Å². The molecule has 0 radical (unpaired) electrons. The number of benzene rings is 1. The number of carbonyl (C=O) groups excluding carboxylic acids is 1. The highest BCUT2D eigenvalue weighted by Crippen LogP contribution is 2.10. The molecule has 0 aliphatic rings. The van der Waals surface area contributed by atoms with Crippen molar-refractivity contribution in [1.29, 1.82) is 10.5 Å². The molecule has 0 saturated carbocycles. The highest BCUT2D eigenvalue weighted by Gasteiger charge is 2.16. The number of fused-ring (bicyclic) bond motifs is 1. The van der Waals surface area contributed by atoms with Crippen LogP contribution >= 0.6 is 0 Å². The normalized spacial score (nSPS) is 11.4. The number of hydrogen-bond donors (Lipinski definition) is 2. The van der Waals surface area contributed by atoms with Gasteiger partial charge in [0.25, 0.3) is 5.56 Å². The van der Waals surface area contributed by atoms with Gasteiger partial charge in [0.1, 0.15) is 24.5 Å². The molecule has 28 heavy (non-hydrogen) atoms. The van der Waals surface area contributed by atoms with E-state index in [-0.39, 0.29) is 27.9 Å². The van der Waals surface area contributed by atoms with E-state index >= 15 is 0 Å². The zero-order chi connectivity index (χ0) is 20.3. The Morgan fingerprint density at radius 3 is 2.61 bits per heavy atom. The molecular weight excluding hydrogens is 362 g/mol. The van der Waals surface area contributed by atoms with Crippen LogP contribution in [-0.4, -0.2) is 25.4 Å². The van der Waals surface area contributed by atoms with Crippen molar-refractivity contribution in [2.45, 2.75) is 19.5 Å². The summed E-state index contributed by atoms with van der Waals surface area (Å²) in [5.41, 5.74) is -0.875. The second kappa shape index (κ2) is 7.51. The van der Waals surface area contributed by atoms with Crippen LogP contribution in [0.15, 0.2) is 40.2 Å². The minimum absolute atomic E-state index is 0.0425. The van der Waals surface area contributed by atoms with Gasteiger partial charge in [-0.05, 0) is 19.1 Å². The van der Waals surface area contributed by atoms with Crippen molar-refractivity contribution in [2.75, 3.05) is 0 Å². The fourth-order valence-corrected chi connectivity index (χ4v) is 2.65. The average molecular weight is 375 g/mol. The first-order valence-corrected chi connectivity index (χ1v) is 8.12. The minimum atomic E-state index is -0.759. The summed E-state index contributed by atoms with van der Waals surface area (Å²) in [6.07, 6.45) is 2.65. The summed E-state index contributed by atoms with van der Waals surface area (Å²) < 4.78 is 0.727. The largest absolute Gasteiger partial charge is 0.345 e. The van der Waals surface area contributed by atoms with E-state index in [1.807, 2.05) is 12.1 Å². The number of nitrogens with zero attached hydrogens (tertiary/aromatic N) is 5. The molecule has 1 aromatic carbocycles. The first-order chi connectivity index (χ1) is 13.4. The van der Waals surface area contributed by atoms with Crippen LogP contribution in [0.1, 0.15) is 29.9 Å². The van der Waals surface area contributed by atoms with E-state index in [0.29, 0.717) is 0 Å². The average Bonchev–Trinajstić information content (AvgIpc) is 2.70. The molecule has 138 valence electrons. The van der Waals surface area contributed by atoms with Gasteiger partial charge in [-0.15, -0.1) is 0 Å². The zero-order valence-electron chi connectivity index (χ0n) is 14.6. The quantitative estimate of drug-likeness (QED) is 0.654. The van der Waals surface area contributed by atoms with Crippen LogP contribution in [0.2, 0.25) is 0 Å². The molecule has 0 bridgehead atoms. The molecule has 3 rings (SSSR count). The second-order valence-corrected chi connectivity index (χ2v) is 5.89. The summed E-state index contributed by atoms with van der Waals surface area (Å²) in [6.45, 7) is 1.09. The molecule has 0 aliphatic carbocycles. The van der Waals surface area contributed by atoms with Gasteiger partial charge < -0.3 is 10.3 Å². The molecule has 0 fully saturated rings. The summed E-state index contributed by atoms with van der Waals surface area (Å²) in [6, 6.07) is 7.69. The van der Waals surface area contributed by atoms with E-state index in [9.17, 15) is 19.6 Å². The lowest BCUT2D eigenvalue weighted by Gasteiger charge is -2.13. The van der Waals surface area contributed by atoms with Crippen molar-refractivity contribution in [2.24, 2.45) is 0 Å². The van der Waals surface area contributed by atoms with Crippen LogP contribution in [0.25, 0.3) is 10.9 Å². The molecule has 2 N–H and O–H groups in total. The molecule has 0 saturated heterocycles. The van der Waals surface area contributed by atoms with E-state index < -0.39 is 29.7 Å². The lowest BCUT2D eigenvalue weighted by atomic mass is 10.1. The van der Waals surface area contributed by atoms with Crippen LogP contribution in [-0.2, 0) is 11.3 Å². The minimum Gasteiger partial charge on any atom is -0.345 e. The van der Waals surface area contributed by atoms with Crippen molar-refractivity contribution >= 4 is 16.8 Å². The van der Waals surface area contributed by atoms with E-state index in [4.69, 9.17) is 5.26 Å². The Morgan fingerprint density at radius 1 is 1.25 bits per heavy atom. The van der Waals surface area contributed by atoms with Gasteiger partial charge >= 0.3 is 5.69 Å². The number of H-pyrrole nitrogens is 1. The Labute approximate surface area is 157 Å². The monoisotopic (exact) mass is 375 g/mol. The molecule has 0 aliphatic heterocycles. The number of nitrogens with one attached hydrogen (secondary N) is 2. The summed E-state index contributed by atoms with van der Waals surface area (Å²) in [7, 11) is 0. The number of rotatable bonds is 4. The first kappa shape index (κ1) is 18.5. The predicted octanol–water partition coefficient (Wildman–Crippen LogP) is 0.101. The molecule has 0 spiro atoms. The Bertz CT molecular complexity index is 1260. The van der Waals surface area contributed by atoms with Gasteiger partial charge in [-0.2, -0.15) is 10.5 Å². The van der Waals surface area contributed by atoms with E-state index in [1.54, 1.807) is 13.0 Å². The Kier molecular flexibility index (Phi) is 4.96. The predicted molar refractivity (Wildman–Crippen MR) is 96.8 cm³/mol. The third kappa shape index (κ3) is 3.48. The Balaban J connectivity index is 1.87. The van der Waals surface area contributed by atoms with E-state index in [2.05, 4.69) is 20.3 Å². The summed E-state index contributed by atoms with van der Waals surface area (Å²) in [5.74, 6) is -0.333. The highest BCUT2D eigenvalue weighted by molar-refractivity contribution is 5.84. The standard InChI is InChI=1S/C18H13N7O3/c1-10(16-21-7-11(5-19)8-22-16)23-14(26)9-25-17(27)15-12(6-20)3-2-4-13(15)24-18(25)28/h2-4,7-8,10H,9H2,1H3,(H,23,26)(H,24,28)/t10-/m0/s1. The van der Waals surface area contributed by atoms with E-state index in [0.717, 1.165) is 4.57 Å². The lowest BCUT2D eigenvalue weighted by Crippen LogP contribution is -2.41. The van der Waals surface area contributed by atoms with Crippen molar-refractivity contribution in [3.8, 4) is 12.1 Å². The lowest BCUT2D eigenvalue weighted by molar-refractivity contribution is -0.122. The van der Waals surface area contributed by atoms with Gasteiger partial charge in [-0.25, -0.2) is 14.8 Å². The summed E-state index contributed by atoms with van der Waals surface area (Å²) in [4.78, 5) is 47.6. The number of carbonyl (C=O) groups is 1. The van der Waals surface area contributed by atoms with Gasteiger partial charge in [0, 0.05) is 12.4 Å². The molecule has 3 aromatic rings. The van der Waals surface area contributed by atoms with Crippen molar-refractivity contribution < 1.29 is 4.79 Å². The molecule has 1 amide bonds. The fraction of sp³-hybridized carbons (Fsp3) is 0.167. The number of aromatic nitrogens is 4. The van der Waals surface area contributed by atoms with Gasteiger partial charge in [0.05, 0.1) is 28.1 Å². The molecule has 2 aromatic heterocycles. The molecule has 10 heteroatoms. The van der Waals surface area contributed by atoms with Crippen molar-refractivity contribution in [3.05, 3.63) is 68.4 Å². The maximum Gasteiger partial charge on any atom is 0.329 e. The summed E-state index contributed by atoms with van der Waals surface area (Å²) >= 11 is 0. The fourth-order valence-electron chi connectivity index (χ4n) is 2.65. The third-order valence-corrected chi connectivity index (χ3v) is 4.00. The first-order valence-electron chi connectivity index (χ1n) is 8.12. The van der Waals surface area contributed by atoms with Gasteiger partial charge in [-0.3, -0.25) is 14.2 Å². The Hall–Kier alpha value is -4.31. The van der Waals surface area contributed by atoms with Crippen molar-refractivity contribution in [1.82, 2.24) is 24.8 Å². The van der Waals surface area contributed by atoms with Gasteiger partial charge in [0.15, 0.2) is 0 Å². The van der Waals surface area contributed by atoms with Crippen LogP contribution in [0, 0.1) is 22.7 Å². The molecule has 1 atom stereocenters. The SMILES string of the molecule is C[C@H](NC(=O)Cn1c(=O)[nH]c2cccc(C#N)c2c1=O)c1ncc(C#N)cn1. The second-order valence-electron chi connectivity index (χ2n) is 5.89. The molecule has 10 nitrogen and oxygen atoms in total. The third-order valence-electron chi connectivity index (χ3n) is 4.00. The van der Waals surface area contributed by atoms with Crippen LogP contribution in [0.5, 0.6) is 0 Å². The van der Waals surface area contributed by atoms with Crippen LogP contribution in [0.3, 0.4) is 0 Å². The molecule has 2 heterocycles. The smallest absolute Gasteiger partial charge is 0.329 e. The van der Waals surface area contributed by atoms with Gasteiger partial charge in [0.2, 0.25) is 5.91 Å². The maximum atomic E-state index is 12.6. The highest BCUT2D eigenvalue weighted by atomic mass is 16.2. The van der Waals surface area contributed by atoms with Crippen LogP contribution in [0.4, 0.5) is 0 Å². The zero-order valence-corrected chi connectivity index (χ0v) is 14.6. The maximum absolute atomic E-state index is 12.6. The number of amides is 1. The number of hydrogen-bond acceptors (Lipinski definition) is 7. The van der Waals surface area contributed by atoms with Crippen molar-refractivity contribution in [3.63, 3.8) is 0 Å². The van der Waals surface area contributed by atoms with Gasteiger partial charge in [-0.1, -0.05) is 6.07 Å². The molecular formula is C18H13N7O3. The van der Waals surface area contributed by atoms with Crippen LogP contribution < -0.4 is 16.6 Å². The van der Waals surface area contributed by atoms with E-state index in [1.165, 1.54) is 24.5 Å². The number of aromatic amines is 1.